The fourth-order valence-electron chi connectivity index (χ4n) is 1.66. The van der Waals surface area contributed by atoms with Gasteiger partial charge in [0.15, 0.2) is 9.84 Å². The lowest BCUT2D eigenvalue weighted by Gasteiger charge is -2.04. The number of nitrogens with zero attached hydrogens (tertiary/aromatic N) is 2. The maximum absolute atomic E-state index is 13.4. The van der Waals surface area contributed by atoms with Crippen molar-refractivity contribution in [2.75, 3.05) is 5.75 Å². The second-order valence-electron chi connectivity index (χ2n) is 4.02. The average molecular weight is 268 g/mol. The molecule has 6 heteroatoms. The summed E-state index contributed by atoms with van der Waals surface area (Å²) in [5.74, 6) is -0.830. The van der Waals surface area contributed by atoms with Crippen molar-refractivity contribution in [1.29, 1.82) is 0 Å². The lowest BCUT2D eigenvalue weighted by atomic mass is 10.3. The Hall–Kier alpha value is -1.69. The van der Waals surface area contributed by atoms with Crippen molar-refractivity contribution >= 4 is 9.84 Å². The van der Waals surface area contributed by atoms with Gasteiger partial charge in [-0.25, -0.2) is 12.8 Å². The maximum atomic E-state index is 13.4. The van der Waals surface area contributed by atoms with Gasteiger partial charge in [0.1, 0.15) is 10.7 Å². The van der Waals surface area contributed by atoms with Crippen LogP contribution in [0.15, 0.2) is 41.6 Å². The summed E-state index contributed by atoms with van der Waals surface area (Å²) in [5, 5.41) is 3.96. The number of hydrogen-bond acceptors (Lipinski definition) is 3. The van der Waals surface area contributed by atoms with E-state index in [1.807, 2.05) is 0 Å². The number of hydrogen-bond donors (Lipinski definition) is 0. The zero-order valence-corrected chi connectivity index (χ0v) is 10.7. The third-order valence-electron chi connectivity index (χ3n) is 2.59. The second kappa shape index (κ2) is 4.89. The summed E-state index contributed by atoms with van der Waals surface area (Å²) < 4.78 is 39.0. The molecule has 4 nitrogen and oxygen atoms in total. The highest BCUT2D eigenvalue weighted by atomic mass is 32.2. The van der Waals surface area contributed by atoms with Crippen molar-refractivity contribution in [1.82, 2.24) is 9.78 Å². The fourth-order valence-corrected chi connectivity index (χ4v) is 3.04. The molecule has 1 heterocycles. The monoisotopic (exact) mass is 268 g/mol. The lowest BCUT2D eigenvalue weighted by molar-refractivity contribution is 0.566. The smallest absolute Gasteiger partial charge is 0.181 e. The van der Waals surface area contributed by atoms with Crippen LogP contribution in [0.2, 0.25) is 0 Å². The second-order valence-corrected chi connectivity index (χ2v) is 6.10. The molecular weight excluding hydrogens is 255 g/mol. The zero-order chi connectivity index (χ0) is 13.2. The molecule has 0 aliphatic heterocycles. The van der Waals surface area contributed by atoms with E-state index in [9.17, 15) is 12.8 Å². The highest BCUT2D eigenvalue weighted by Crippen LogP contribution is 2.16. The summed E-state index contributed by atoms with van der Waals surface area (Å²) in [6, 6.07) is 5.42. The Morgan fingerprint density at radius 3 is 2.67 bits per heavy atom. The van der Waals surface area contributed by atoms with Gasteiger partial charge in [-0.3, -0.25) is 4.68 Å². The molecule has 0 radical (unpaired) electrons. The Balaban J connectivity index is 2.16. The van der Waals surface area contributed by atoms with E-state index in [-0.39, 0.29) is 10.6 Å². The summed E-state index contributed by atoms with van der Waals surface area (Å²) >= 11 is 0. The van der Waals surface area contributed by atoms with Gasteiger partial charge in [0.05, 0.1) is 11.9 Å². The third kappa shape index (κ3) is 2.76. The van der Waals surface area contributed by atoms with Gasteiger partial charge in [-0.1, -0.05) is 12.1 Å². The number of aromatic nitrogens is 2. The molecule has 0 N–H and O–H groups in total. The van der Waals surface area contributed by atoms with Gasteiger partial charge in [-0.05, 0) is 24.1 Å². The summed E-state index contributed by atoms with van der Waals surface area (Å²) in [6.45, 7) is 0. The molecule has 0 fully saturated rings. The number of benzene rings is 1. The van der Waals surface area contributed by atoms with Crippen molar-refractivity contribution in [2.45, 2.75) is 11.3 Å². The molecule has 0 aliphatic rings. The molecule has 18 heavy (non-hydrogen) atoms. The molecule has 2 rings (SSSR count). The third-order valence-corrected chi connectivity index (χ3v) is 4.33. The van der Waals surface area contributed by atoms with E-state index in [4.69, 9.17) is 0 Å². The van der Waals surface area contributed by atoms with Crippen LogP contribution in [-0.2, 0) is 23.3 Å². The minimum absolute atomic E-state index is 0.125. The Kier molecular flexibility index (Phi) is 3.47. The highest BCUT2D eigenvalue weighted by molar-refractivity contribution is 7.91. The van der Waals surface area contributed by atoms with Gasteiger partial charge in [-0.2, -0.15) is 5.10 Å². The summed E-state index contributed by atoms with van der Waals surface area (Å²) in [4.78, 5) is -0.242. The van der Waals surface area contributed by atoms with E-state index >= 15 is 0 Å². The molecule has 0 saturated carbocycles. The van der Waals surface area contributed by atoms with Crippen molar-refractivity contribution < 1.29 is 12.8 Å². The maximum Gasteiger partial charge on any atom is 0.181 e. The first-order valence-corrected chi connectivity index (χ1v) is 7.09. The number of rotatable bonds is 4. The van der Waals surface area contributed by atoms with Crippen LogP contribution in [0.5, 0.6) is 0 Å². The highest BCUT2D eigenvalue weighted by Gasteiger charge is 2.18. The Bertz CT molecular complexity index is 650. The Labute approximate surface area is 105 Å². The van der Waals surface area contributed by atoms with Gasteiger partial charge in [0, 0.05) is 13.2 Å². The minimum atomic E-state index is -3.59. The molecule has 1 aromatic heterocycles. The Morgan fingerprint density at radius 2 is 2.06 bits per heavy atom. The van der Waals surface area contributed by atoms with Crippen LogP contribution < -0.4 is 0 Å². The van der Waals surface area contributed by atoms with E-state index in [0.717, 1.165) is 11.6 Å². The number of aryl methyl sites for hydroxylation is 2. The molecule has 0 atom stereocenters. The molecule has 0 saturated heterocycles. The van der Waals surface area contributed by atoms with Crippen LogP contribution in [0.25, 0.3) is 0 Å². The van der Waals surface area contributed by atoms with Crippen LogP contribution >= 0.6 is 0 Å². The first kappa shape index (κ1) is 12.8. The van der Waals surface area contributed by atoms with Gasteiger partial charge < -0.3 is 0 Å². The average Bonchev–Trinajstić information content (AvgIpc) is 2.73. The van der Waals surface area contributed by atoms with Gasteiger partial charge >= 0.3 is 0 Å². The molecule has 96 valence electrons. The molecule has 0 unspecified atom stereocenters. The van der Waals surface area contributed by atoms with Crippen molar-refractivity contribution in [2.24, 2.45) is 7.05 Å². The predicted octanol–water partition coefficient (Wildman–Crippen LogP) is 1.58. The zero-order valence-electron chi connectivity index (χ0n) is 9.88. The number of sulfone groups is 1. The van der Waals surface area contributed by atoms with Crippen molar-refractivity contribution in [3.05, 3.63) is 48.0 Å². The molecule has 0 amide bonds. The predicted molar refractivity (Wildman–Crippen MR) is 65.4 cm³/mol. The molecular formula is C12H13FN2O2S. The van der Waals surface area contributed by atoms with Crippen LogP contribution in [0.1, 0.15) is 5.56 Å². The van der Waals surface area contributed by atoms with Crippen molar-refractivity contribution in [3.8, 4) is 0 Å². The number of halogens is 1. The summed E-state index contributed by atoms with van der Waals surface area (Å²) in [6.07, 6.45) is 3.68. The SMILES string of the molecule is Cn1cc(CCS(=O)(=O)c2ccccc2F)cn1. The van der Waals surface area contributed by atoms with E-state index in [1.54, 1.807) is 24.1 Å². The van der Waals surface area contributed by atoms with Crippen LogP contribution in [0.3, 0.4) is 0 Å². The molecule has 0 bridgehead atoms. The van der Waals surface area contributed by atoms with Gasteiger partial charge in [-0.15, -0.1) is 0 Å². The normalized spacial score (nSPS) is 11.7. The lowest BCUT2D eigenvalue weighted by Crippen LogP contribution is -2.10. The van der Waals surface area contributed by atoms with Gasteiger partial charge in [0.25, 0.3) is 0 Å². The topological polar surface area (TPSA) is 52.0 Å². The molecule has 1 aromatic carbocycles. The largest absolute Gasteiger partial charge is 0.276 e. The fraction of sp³-hybridized carbons (Fsp3) is 0.250. The quantitative estimate of drug-likeness (QED) is 0.846. The van der Waals surface area contributed by atoms with Gasteiger partial charge in [0.2, 0.25) is 0 Å². The van der Waals surface area contributed by atoms with Crippen molar-refractivity contribution in [3.63, 3.8) is 0 Å². The van der Waals surface area contributed by atoms with E-state index in [0.29, 0.717) is 6.42 Å². The summed E-state index contributed by atoms with van der Waals surface area (Å²) in [7, 11) is -1.83. The molecule has 2 aromatic rings. The van der Waals surface area contributed by atoms with E-state index in [2.05, 4.69) is 5.10 Å². The first-order valence-electron chi connectivity index (χ1n) is 5.44. The van der Waals surface area contributed by atoms with E-state index < -0.39 is 15.7 Å². The van der Waals surface area contributed by atoms with E-state index in [1.165, 1.54) is 18.2 Å². The minimum Gasteiger partial charge on any atom is -0.276 e. The van der Waals surface area contributed by atoms with Crippen LogP contribution in [-0.4, -0.2) is 24.0 Å². The standard InChI is InChI=1S/C12H13FN2O2S/c1-15-9-10(8-14-15)6-7-18(16,17)12-5-3-2-4-11(12)13/h2-5,8-9H,6-7H2,1H3. The molecule has 0 aliphatic carbocycles. The Morgan fingerprint density at radius 1 is 1.33 bits per heavy atom. The van der Waals surface area contributed by atoms with Crippen LogP contribution in [0.4, 0.5) is 4.39 Å². The molecule has 0 spiro atoms. The summed E-state index contributed by atoms with van der Waals surface area (Å²) in [5.41, 5.74) is 0.817. The first-order chi connectivity index (χ1) is 8.49. The van der Waals surface area contributed by atoms with Crippen LogP contribution in [0, 0.1) is 5.82 Å².